The van der Waals surface area contributed by atoms with E-state index in [1.54, 1.807) is 0 Å². The van der Waals surface area contributed by atoms with E-state index in [9.17, 15) is 21.6 Å². The van der Waals surface area contributed by atoms with E-state index in [1.165, 1.54) is 6.07 Å². The lowest BCUT2D eigenvalue weighted by Crippen LogP contribution is -2.39. The van der Waals surface area contributed by atoms with Crippen molar-refractivity contribution in [3.8, 4) is 0 Å². The fourth-order valence-corrected chi connectivity index (χ4v) is 2.70. The van der Waals surface area contributed by atoms with Crippen molar-refractivity contribution in [2.24, 2.45) is 5.73 Å². The first kappa shape index (κ1) is 14.9. The summed E-state index contributed by atoms with van der Waals surface area (Å²) in [5.41, 5.74) is 5.15. The topological polar surface area (TPSA) is 76.3 Å². The summed E-state index contributed by atoms with van der Waals surface area (Å²) >= 11 is 0. The van der Waals surface area contributed by atoms with Gasteiger partial charge in [-0.1, -0.05) is 0 Å². The van der Waals surface area contributed by atoms with Gasteiger partial charge in [0.2, 0.25) is 5.03 Å². The Hall–Kier alpha value is -1.19. The first-order valence-electron chi connectivity index (χ1n) is 4.98. The summed E-state index contributed by atoms with van der Waals surface area (Å²) < 4.78 is 62.2. The summed E-state index contributed by atoms with van der Waals surface area (Å²) in [5, 5.41) is -0.876. The third-order valence-electron chi connectivity index (χ3n) is 2.03. The van der Waals surface area contributed by atoms with Gasteiger partial charge in [0.1, 0.15) is 0 Å². The van der Waals surface area contributed by atoms with Gasteiger partial charge in [-0.25, -0.2) is 26.6 Å². The zero-order valence-electron chi connectivity index (χ0n) is 9.26. The maximum Gasteiger partial charge on any atom is 0.263 e. The van der Waals surface area contributed by atoms with Gasteiger partial charge in [-0.15, -0.1) is 0 Å². The first-order valence-corrected chi connectivity index (χ1v) is 6.42. The Kier molecular flexibility index (Phi) is 5.05. The highest BCUT2D eigenvalue weighted by Crippen LogP contribution is 2.17. The predicted octanol–water partition coefficient (Wildman–Crippen LogP) is 0.435. The van der Waals surface area contributed by atoms with Gasteiger partial charge in [0.25, 0.3) is 16.4 Å². The summed E-state index contributed by atoms with van der Waals surface area (Å²) in [4.78, 5) is 3.37. The maximum atomic E-state index is 13.3. The first-order chi connectivity index (χ1) is 8.39. The number of hydrogen-bond acceptors (Lipinski definition) is 4. The molecule has 1 rings (SSSR count). The Morgan fingerprint density at radius 1 is 1.44 bits per heavy atom. The highest BCUT2D eigenvalue weighted by atomic mass is 32.2. The number of hydrogen-bond donors (Lipinski definition) is 1. The van der Waals surface area contributed by atoms with Crippen molar-refractivity contribution in [3.63, 3.8) is 0 Å². The highest BCUT2D eigenvalue weighted by molar-refractivity contribution is 7.89. The molecule has 0 spiro atoms. The molecule has 0 unspecified atom stereocenters. The molecule has 2 N–H and O–H groups in total. The van der Waals surface area contributed by atoms with Crippen LogP contribution < -0.4 is 5.73 Å². The molecule has 5 nitrogen and oxygen atoms in total. The van der Waals surface area contributed by atoms with Gasteiger partial charge in [0.15, 0.2) is 5.82 Å². The van der Waals surface area contributed by atoms with Crippen LogP contribution in [0.1, 0.15) is 0 Å². The van der Waals surface area contributed by atoms with Gasteiger partial charge >= 0.3 is 0 Å². The van der Waals surface area contributed by atoms with Crippen LogP contribution in [0, 0.1) is 5.82 Å². The van der Waals surface area contributed by atoms with Crippen LogP contribution in [0.5, 0.6) is 0 Å². The summed E-state index contributed by atoms with van der Waals surface area (Å²) in [7, 11) is -4.40. The Morgan fingerprint density at radius 2 is 2.11 bits per heavy atom. The smallest absolute Gasteiger partial charge is 0.263 e. The second-order valence-corrected chi connectivity index (χ2v) is 5.19. The minimum atomic E-state index is -4.40. The molecule has 0 atom stereocenters. The van der Waals surface area contributed by atoms with Gasteiger partial charge < -0.3 is 5.73 Å². The standard InChI is InChI=1S/C9H12F3N3O2S/c10-7-2-1-4-14-9(7)18(16,17)15(5-3-13)6-8(11)12/h1-2,4,8H,3,5-6,13H2. The zero-order chi connectivity index (χ0) is 13.8. The summed E-state index contributed by atoms with van der Waals surface area (Å²) in [6.45, 7) is -1.53. The number of aromatic nitrogens is 1. The Bertz CT molecular complexity index is 496. The van der Waals surface area contributed by atoms with Gasteiger partial charge in [-0.2, -0.15) is 4.31 Å². The molecule has 0 aliphatic carbocycles. The van der Waals surface area contributed by atoms with Crippen molar-refractivity contribution < 1.29 is 21.6 Å². The van der Waals surface area contributed by atoms with Crippen molar-refractivity contribution in [1.82, 2.24) is 9.29 Å². The molecule has 1 heterocycles. The molecule has 0 fully saturated rings. The van der Waals surface area contributed by atoms with E-state index < -0.39 is 33.8 Å². The molecule has 0 aliphatic rings. The van der Waals surface area contributed by atoms with Crippen molar-refractivity contribution >= 4 is 10.0 Å². The molecule has 0 aromatic carbocycles. The van der Waals surface area contributed by atoms with Crippen molar-refractivity contribution in [3.05, 3.63) is 24.1 Å². The summed E-state index contributed by atoms with van der Waals surface area (Å²) in [6.07, 6.45) is -1.81. The van der Waals surface area contributed by atoms with Gasteiger partial charge in [0, 0.05) is 19.3 Å². The monoisotopic (exact) mass is 283 g/mol. The molecule has 0 saturated carbocycles. The van der Waals surface area contributed by atoms with Crippen molar-refractivity contribution in [2.75, 3.05) is 19.6 Å². The Labute approximate surface area is 102 Å². The molecule has 0 amide bonds. The number of alkyl halides is 2. The molecule has 1 aromatic heterocycles. The molecule has 9 heteroatoms. The molecular weight excluding hydrogens is 271 g/mol. The number of rotatable bonds is 6. The average molecular weight is 283 g/mol. The molecule has 0 saturated heterocycles. The van der Waals surface area contributed by atoms with E-state index in [0.717, 1.165) is 12.3 Å². The second kappa shape index (κ2) is 6.12. The van der Waals surface area contributed by atoms with E-state index >= 15 is 0 Å². The fourth-order valence-electron chi connectivity index (χ4n) is 1.29. The lowest BCUT2D eigenvalue weighted by molar-refractivity contribution is 0.120. The maximum absolute atomic E-state index is 13.3. The van der Waals surface area contributed by atoms with E-state index in [-0.39, 0.29) is 13.1 Å². The SMILES string of the molecule is NCCN(CC(F)F)S(=O)(=O)c1ncccc1F. The highest BCUT2D eigenvalue weighted by Gasteiger charge is 2.30. The van der Waals surface area contributed by atoms with Gasteiger partial charge in [-0.05, 0) is 12.1 Å². The van der Waals surface area contributed by atoms with E-state index in [2.05, 4.69) is 4.98 Å². The molecule has 18 heavy (non-hydrogen) atoms. The van der Waals surface area contributed by atoms with Crippen LogP contribution >= 0.6 is 0 Å². The quantitative estimate of drug-likeness (QED) is 0.821. The zero-order valence-corrected chi connectivity index (χ0v) is 10.1. The largest absolute Gasteiger partial charge is 0.329 e. The Morgan fingerprint density at radius 3 is 2.61 bits per heavy atom. The van der Waals surface area contributed by atoms with Crippen LogP contribution in [0.4, 0.5) is 13.2 Å². The van der Waals surface area contributed by atoms with Crippen molar-refractivity contribution in [2.45, 2.75) is 11.5 Å². The normalized spacial score (nSPS) is 12.3. The lowest BCUT2D eigenvalue weighted by Gasteiger charge is -2.20. The fraction of sp³-hybridized carbons (Fsp3) is 0.444. The minimum Gasteiger partial charge on any atom is -0.329 e. The van der Waals surface area contributed by atoms with Gasteiger partial charge in [-0.3, -0.25) is 0 Å². The third kappa shape index (κ3) is 3.40. The summed E-state index contributed by atoms with van der Waals surface area (Å²) in [5.74, 6) is -1.09. The predicted molar refractivity (Wildman–Crippen MR) is 58.0 cm³/mol. The van der Waals surface area contributed by atoms with Crippen LogP contribution in [0.3, 0.4) is 0 Å². The van der Waals surface area contributed by atoms with Crippen LogP contribution in [0.25, 0.3) is 0 Å². The van der Waals surface area contributed by atoms with Crippen LogP contribution in [0.2, 0.25) is 0 Å². The molecule has 102 valence electrons. The molecule has 0 aliphatic heterocycles. The lowest BCUT2D eigenvalue weighted by atomic mass is 10.5. The van der Waals surface area contributed by atoms with E-state index in [1.807, 2.05) is 0 Å². The molecular formula is C9H12F3N3O2S. The van der Waals surface area contributed by atoms with E-state index in [0.29, 0.717) is 4.31 Å². The van der Waals surface area contributed by atoms with Crippen molar-refractivity contribution in [1.29, 1.82) is 0 Å². The third-order valence-corrected chi connectivity index (χ3v) is 3.83. The Balaban J connectivity index is 3.13. The number of halogens is 3. The average Bonchev–Trinajstić information content (AvgIpc) is 2.28. The molecule has 0 radical (unpaired) electrons. The van der Waals surface area contributed by atoms with E-state index in [4.69, 9.17) is 5.73 Å². The van der Waals surface area contributed by atoms with Crippen LogP contribution in [-0.4, -0.2) is 43.8 Å². The number of nitrogens with two attached hydrogens (primary N) is 1. The van der Waals surface area contributed by atoms with Crippen LogP contribution in [-0.2, 0) is 10.0 Å². The number of sulfonamides is 1. The molecule has 0 bridgehead atoms. The number of nitrogens with zero attached hydrogens (tertiary/aromatic N) is 2. The molecule has 1 aromatic rings. The summed E-state index contributed by atoms with van der Waals surface area (Å²) in [6, 6.07) is 2.09. The number of pyridine rings is 1. The van der Waals surface area contributed by atoms with Gasteiger partial charge in [0.05, 0.1) is 6.54 Å². The van der Waals surface area contributed by atoms with Crippen LogP contribution in [0.15, 0.2) is 23.4 Å². The minimum absolute atomic E-state index is 0.152. The second-order valence-electron chi connectivity index (χ2n) is 3.33.